The van der Waals surface area contributed by atoms with E-state index in [2.05, 4.69) is 5.32 Å². The maximum absolute atomic E-state index is 11.7. The number of anilines is 2. The van der Waals surface area contributed by atoms with E-state index in [1.165, 1.54) is 0 Å². The van der Waals surface area contributed by atoms with Crippen LogP contribution in [0.1, 0.15) is 27.2 Å². The Bertz CT molecular complexity index is 439. The first-order valence-electron chi connectivity index (χ1n) is 6.19. The Balaban J connectivity index is 2.48. The largest absolute Gasteiger partial charge is 0.497 e. The van der Waals surface area contributed by atoms with E-state index in [-0.39, 0.29) is 11.5 Å². The molecule has 0 radical (unpaired) electrons. The lowest BCUT2D eigenvalue weighted by molar-refractivity contribution is -0.118. The van der Waals surface area contributed by atoms with Crippen molar-refractivity contribution in [1.82, 2.24) is 0 Å². The lowest BCUT2D eigenvalue weighted by Crippen LogP contribution is -2.23. The molecule has 1 aromatic carbocycles. The van der Waals surface area contributed by atoms with Crippen molar-refractivity contribution in [2.75, 3.05) is 24.8 Å². The summed E-state index contributed by atoms with van der Waals surface area (Å²) in [5.41, 5.74) is 6.64. The van der Waals surface area contributed by atoms with Crippen molar-refractivity contribution < 1.29 is 14.3 Å². The molecule has 5 nitrogen and oxygen atoms in total. The summed E-state index contributed by atoms with van der Waals surface area (Å²) in [6.07, 6.45) is 0.294. The Morgan fingerprint density at radius 3 is 2.58 bits per heavy atom. The highest BCUT2D eigenvalue weighted by Crippen LogP contribution is 2.24. The third-order valence-electron chi connectivity index (χ3n) is 2.40. The normalized spacial score (nSPS) is 11.2. The standard InChI is InChI=1S/C14H22N2O3/c1-14(2,3)19-8-7-13(17)16-12-6-5-10(18-4)9-11(12)15/h5-6,9H,7-8,15H2,1-4H3,(H,16,17). The van der Waals surface area contributed by atoms with Crippen molar-refractivity contribution in [3.05, 3.63) is 18.2 Å². The Morgan fingerprint density at radius 1 is 1.37 bits per heavy atom. The first kappa shape index (κ1) is 15.3. The van der Waals surface area contributed by atoms with Gasteiger partial charge in [-0.3, -0.25) is 4.79 Å². The maximum atomic E-state index is 11.7. The number of nitrogens with one attached hydrogen (secondary N) is 1. The quantitative estimate of drug-likeness (QED) is 0.803. The van der Waals surface area contributed by atoms with E-state index in [0.717, 1.165) is 0 Å². The SMILES string of the molecule is COc1ccc(NC(=O)CCOC(C)(C)C)c(N)c1. The number of methoxy groups -OCH3 is 1. The fourth-order valence-electron chi connectivity index (χ4n) is 1.44. The molecule has 106 valence electrons. The maximum Gasteiger partial charge on any atom is 0.226 e. The summed E-state index contributed by atoms with van der Waals surface area (Å²) in [5.74, 6) is 0.535. The van der Waals surface area contributed by atoms with Gasteiger partial charge in [-0.25, -0.2) is 0 Å². The monoisotopic (exact) mass is 266 g/mol. The van der Waals surface area contributed by atoms with Gasteiger partial charge in [0.15, 0.2) is 0 Å². The second kappa shape index (κ2) is 6.43. The van der Waals surface area contributed by atoms with Crippen LogP contribution in [-0.4, -0.2) is 25.2 Å². The van der Waals surface area contributed by atoms with E-state index in [1.54, 1.807) is 25.3 Å². The van der Waals surface area contributed by atoms with Gasteiger partial charge in [0, 0.05) is 6.07 Å². The van der Waals surface area contributed by atoms with E-state index < -0.39 is 0 Å². The lowest BCUT2D eigenvalue weighted by Gasteiger charge is -2.19. The smallest absolute Gasteiger partial charge is 0.226 e. The van der Waals surface area contributed by atoms with E-state index in [9.17, 15) is 4.79 Å². The molecular weight excluding hydrogens is 244 g/mol. The fraction of sp³-hybridized carbons (Fsp3) is 0.500. The molecule has 19 heavy (non-hydrogen) atoms. The number of amides is 1. The molecule has 0 spiro atoms. The molecular formula is C14H22N2O3. The van der Waals surface area contributed by atoms with Crippen LogP contribution in [0.4, 0.5) is 11.4 Å². The first-order valence-corrected chi connectivity index (χ1v) is 6.19. The van der Waals surface area contributed by atoms with Gasteiger partial charge in [0.2, 0.25) is 5.91 Å². The summed E-state index contributed by atoms with van der Waals surface area (Å²) in [6.45, 7) is 6.23. The zero-order chi connectivity index (χ0) is 14.5. The Kier molecular flexibility index (Phi) is 5.18. The highest BCUT2D eigenvalue weighted by atomic mass is 16.5. The molecule has 0 fully saturated rings. The predicted octanol–water partition coefficient (Wildman–Crippen LogP) is 2.42. The summed E-state index contributed by atoms with van der Waals surface area (Å²) in [4.78, 5) is 11.7. The third kappa shape index (κ3) is 5.61. The predicted molar refractivity (Wildman–Crippen MR) is 76.4 cm³/mol. The molecule has 1 amide bonds. The van der Waals surface area contributed by atoms with Crippen LogP contribution in [0.15, 0.2) is 18.2 Å². The van der Waals surface area contributed by atoms with E-state index >= 15 is 0 Å². The average molecular weight is 266 g/mol. The number of rotatable bonds is 5. The minimum absolute atomic E-state index is 0.124. The number of carbonyl (C=O) groups is 1. The van der Waals surface area contributed by atoms with Gasteiger partial charge in [0.1, 0.15) is 5.75 Å². The topological polar surface area (TPSA) is 73.6 Å². The highest BCUT2D eigenvalue weighted by Gasteiger charge is 2.12. The second-order valence-electron chi connectivity index (χ2n) is 5.21. The molecule has 0 atom stereocenters. The Morgan fingerprint density at radius 2 is 2.05 bits per heavy atom. The van der Waals surface area contributed by atoms with Gasteiger partial charge < -0.3 is 20.5 Å². The molecule has 1 rings (SSSR count). The van der Waals surface area contributed by atoms with E-state index in [4.69, 9.17) is 15.2 Å². The third-order valence-corrected chi connectivity index (χ3v) is 2.40. The van der Waals surface area contributed by atoms with Crippen molar-refractivity contribution in [3.63, 3.8) is 0 Å². The highest BCUT2D eigenvalue weighted by molar-refractivity contribution is 5.94. The van der Waals surface area contributed by atoms with Crippen molar-refractivity contribution in [2.45, 2.75) is 32.8 Å². The van der Waals surface area contributed by atoms with Gasteiger partial charge in [-0.2, -0.15) is 0 Å². The molecule has 0 heterocycles. The zero-order valence-electron chi connectivity index (χ0n) is 11.9. The molecule has 0 saturated heterocycles. The summed E-state index contributed by atoms with van der Waals surface area (Å²) in [7, 11) is 1.57. The summed E-state index contributed by atoms with van der Waals surface area (Å²) >= 11 is 0. The number of benzene rings is 1. The summed E-state index contributed by atoms with van der Waals surface area (Å²) < 4.78 is 10.5. The van der Waals surface area contributed by atoms with Crippen LogP contribution in [0.2, 0.25) is 0 Å². The van der Waals surface area contributed by atoms with Crippen molar-refractivity contribution in [2.24, 2.45) is 0 Å². The second-order valence-corrected chi connectivity index (χ2v) is 5.21. The van der Waals surface area contributed by atoms with Crippen LogP contribution >= 0.6 is 0 Å². The molecule has 0 bridgehead atoms. The number of hydrogen-bond acceptors (Lipinski definition) is 4. The van der Waals surface area contributed by atoms with Crippen molar-refractivity contribution in [1.29, 1.82) is 0 Å². The molecule has 5 heteroatoms. The molecule has 0 unspecified atom stereocenters. The van der Waals surface area contributed by atoms with Gasteiger partial charge in [0.25, 0.3) is 0 Å². The molecule has 3 N–H and O–H groups in total. The molecule has 0 aliphatic rings. The van der Waals surface area contributed by atoms with Crippen LogP contribution in [0.3, 0.4) is 0 Å². The van der Waals surface area contributed by atoms with Gasteiger partial charge in [-0.15, -0.1) is 0 Å². The number of carbonyl (C=O) groups excluding carboxylic acids is 1. The van der Waals surface area contributed by atoms with Gasteiger partial charge >= 0.3 is 0 Å². The van der Waals surface area contributed by atoms with Crippen LogP contribution in [-0.2, 0) is 9.53 Å². The van der Waals surface area contributed by atoms with Gasteiger partial charge in [0.05, 0.1) is 37.1 Å². The Hall–Kier alpha value is -1.75. The van der Waals surface area contributed by atoms with Crippen LogP contribution in [0, 0.1) is 0 Å². The van der Waals surface area contributed by atoms with Gasteiger partial charge in [-0.1, -0.05) is 0 Å². The number of nitrogens with two attached hydrogens (primary N) is 1. The lowest BCUT2D eigenvalue weighted by atomic mass is 10.2. The molecule has 0 aromatic heterocycles. The minimum atomic E-state index is -0.237. The number of nitrogen functional groups attached to an aromatic ring is 1. The van der Waals surface area contributed by atoms with Crippen LogP contribution in [0.25, 0.3) is 0 Å². The van der Waals surface area contributed by atoms with Crippen molar-refractivity contribution >= 4 is 17.3 Å². The Labute approximate surface area is 114 Å². The average Bonchev–Trinajstić information content (AvgIpc) is 2.30. The van der Waals surface area contributed by atoms with Gasteiger partial charge in [-0.05, 0) is 32.9 Å². The van der Waals surface area contributed by atoms with Crippen LogP contribution in [0.5, 0.6) is 5.75 Å². The molecule has 1 aromatic rings. The fourth-order valence-corrected chi connectivity index (χ4v) is 1.44. The van der Waals surface area contributed by atoms with E-state index in [1.807, 2.05) is 20.8 Å². The van der Waals surface area contributed by atoms with E-state index in [0.29, 0.717) is 30.2 Å². The molecule has 0 saturated carbocycles. The van der Waals surface area contributed by atoms with Crippen molar-refractivity contribution in [3.8, 4) is 5.75 Å². The minimum Gasteiger partial charge on any atom is -0.497 e. The zero-order valence-corrected chi connectivity index (χ0v) is 11.9. The first-order chi connectivity index (χ1) is 8.81. The number of ether oxygens (including phenoxy) is 2. The number of hydrogen-bond donors (Lipinski definition) is 2. The van der Waals surface area contributed by atoms with Crippen LogP contribution < -0.4 is 15.8 Å². The summed E-state index contributed by atoms with van der Waals surface area (Å²) in [5, 5.41) is 2.75. The molecule has 0 aliphatic carbocycles. The molecule has 0 aliphatic heterocycles. The summed E-state index contributed by atoms with van der Waals surface area (Å²) in [6, 6.07) is 5.13.